The lowest BCUT2D eigenvalue weighted by Gasteiger charge is -2.39. The van der Waals surface area contributed by atoms with Crippen molar-refractivity contribution >= 4 is 11.7 Å². The van der Waals surface area contributed by atoms with Crippen LogP contribution < -0.4 is 5.32 Å². The maximum atomic E-state index is 14.1. The molecular weight excluding hydrogens is 383 g/mol. The number of nitrogens with zero attached hydrogens (tertiary/aromatic N) is 2. The Bertz CT molecular complexity index is 721. The first-order valence-electron chi connectivity index (χ1n) is 10.4. The minimum absolute atomic E-state index is 0.00964. The molecular formula is C21H28F3N3O2. The van der Waals surface area contributed by atoms with Crippen molar-refractivity contribution in [2.45, 2.75) is 50.1 Å². The summed E-state index contributed by atoms with van der Waals surface area (Å²) in [4.78, 5) is 15.9. The standard InChI is InChI=1S/C21H28F3N3O2/c22-18-3-1-2-4-19(18)25-20(28)26-9-7-16(8-10-26)27-14-21(23,24)11-17(27)13-29-12-15-5-6-15/h1-4,15-17H,5-14H2,(H,25,28)/t17-/m0/s1. The van der Waals surface area contributed by atoms with E-state index in [0.29, 0.717) is 45.1 Å². The van der Waals surface area contributed by atoms with E-state index in [0.717, 1.165) is 0 Å². The molecule has 0 bridgehead atoms. The molecule has 1 aromatic rings. The Morgan fingerprint density at radius 2 is 1.86 bits per heavy atom. The molecule has 3 aliphatic rings. The fourth-order valence-electron chi connectivity index (χ4n) is 4.32. The van der Waals surface area contributed by atoms with Crippen LogP contribution in [0.5, 0.6) is 0 Å². The van der Waals surface area contributed by atoms with E-state index in [-0.39, 0.29) is 36.8 Å². The molecule has 2 saturated heterocycles. The van der Waals surface area contributed by atoms with Crippen LogP contribution in [0.1, 0.15) is 32.1 Å². The van der Waals surface area contributed by atoms with Crippen molar-refractivity contribution in [3.63, 3.8) is 0 Å². The van der Waals surface area contributed by atoms with Gasteiger partial charge in [0.25, 0.3) is 5.92 Å². The molecule has 4 rings (SSSR count). The van der Waals surface area contributed by atoms with Gasteiger partial charge in [-0.25, -0.2) is 18.0 Å². The predicted octanol–water partition coefficient (Wildman–Crippen LogP) is 3.96. The quantitative estimate of drug-likeness (QED) is 0.771. The van der Waals surface area contributed by atoms with Crippen LogP contribution in [0.3, 0.4) is 0 Å². The lowest BCUT2D eigenvalue weighted by molar-refractivity contribution is 0.00378. The number of urea groups is 1. The average Bonchev–Trinajstić information content (AvgIpc) is 3.46. The zero-order chi connectivity index (χ0) is 20.4. The fourth-order valence-corrected chi connectivity index (χ4v) is 4.32. The molecule has 3 fully saturated rings. The van der Waals surface area contributed by atoms with Gasteiger partial charge in [-0.3, -0.25) is 4.90 Å². The Hall–Kier alpha value is -1.80. The molecule has 0 spiro atoms. The number of alkyl halides is 2. The molecule has 5 nitrogen and oxygen atoms in total. The van der Waals surface area contributed by atoms with Crippen LogP contribution in [0, 0.1) is 11.7 Å². The summed E-state index contributed by atoms with van der Waals surface area (Å²) in [6.07, 6.45) is 3.45. The Labute approximate surface area is 169 Å². The number of anilines is 1. The van der Waals surface area contributed by atoms with Gasteiger partial charge < -0.3 is 15.0 Å². The van der Waals surface area contributed by atoms with E-state index < -0.39 is 11.7 Å². The van der Waals surface area contributed by atoms with Crippen molar-refractivity contribution in [1.29, 1.82) is 0 Å². The van der Waals surface area contributed by atoms with Crippen molar-refractivity contribution < 1.29 is 22.7 Å². The van der Waals surface area contributed by atoms with Gasteiger partial charge in [-0.05, 0) is 43.7 Å². The molecule has 0 unspecified atom stereocenters. The summed E-state index contributed by atoms with van der Waals surface area (Å²) in [7, 11) is 0. The van der Waals surface area contributed by atoms with Gasteiger partial charge >= 0.3 is 6.03 Å². The maximum Gasteiger partial charge on any atom is 0.321 e. The lowest BCUT2D eigenvalue weighted by atomic mass is 10.0. The van der Waals surface area contributed by atoms with Gasteiger partial charge in [0, 0.05) is 38.2 Å². The summed E-state index contributed by atoms with van der Waals surface area (Å²) >= 11 is 0. The minimum Gasteiger partial charge on any atom is -0.380 e. The molecule has 2 amide bonds. The van der Waals surface area contributed by atoms with E-state index in [1.54, 1.807) is 17.0 Å². The highest BCUT2D eigenvalue weighted by atomic mass is 19.3. The molecule has 0 aromatic heterocycles. The monoisotopic (exact) mass is 411 g/mol. The van der Waals surface area contributed by atoms with Gasteiger partial charge in [-0.1, -0.05) is 12.1 Å². The smallest absolute Gasteiger partial charge is 0.321 e. The van der Waals surface area contributed by atoms with E-state index in [4.69, 9.17) is 4.74 Å². The molecule has 160 valence electrons. The summed E-state index contributed by atoms with van der Waals surface area (Å²) in [6, 6.07) is 5.41. The number of para-hydroxylation sites is 1. The molecule has 2 aliphatic heterocycles. The Morgan fingerprint density at radius 3 is 2.55 bits per heavy atom. The second-order valence-corrected chi connectivity index (χ2v) is 8.50. The molecule has 1 atom stereocenters. The fraction of sp³-hybridized carbons (Fsp3) is 0.667. The third-order valence-corrected chi connectivity index (χ3v) is 6.11. The van der Waals surface area contributed by atoms with Crippen LogP contribution in [0.25, 0.3) is 0 Å². The molecule has 2 heterocycles. The van der Waals surface area contributed by atoms with Gasteiger partial charge in [-0.15, -0.1) is 0 Å². The number of benzene rings is 1. The molecule has 1 N–H and O–H groups in total. The van der Waals surface area contributed by atoms with Crippen molar-refractivity contribution in [1.82, 2.24) is 9.80 Å². The van der Waals surface area contributed by atoms with Crippen LogP contribution >= 0.6 is 0 Å². The van der Waals surface area contributed by atoms with Crippen molar-refractivity contribution in [2.75, 3.05) is 38.2 Å². The minimum atomic E-state index is -2.69. The van der Waals surface area contributed by atoms with Gasteiger partial charge in [-0.2, -0.15) is 0 Å². The number of hydrogen-bond donors (Lipinski definition) is 1. The van der Waals surface area contributed by atoms with E-state index in [2.05, 4.69) is 5.32 Å². The maximum absolute atomic E-state index is 14.1. The Morgan fingerprint density at radius 1 is 1.14 bits per heavy atom. The van der Waals surface area contributed by atoms with Gasteiger partial charge in [0.05, 0.1) is 18.8 Å². The van der Waals surface area contributed by atoms with Gasteiger partial charge in [0.1, 0.15) is 5.82 Å². The number of halogens is 3. The third kappa shape index (κ3) is 5.22. The van der Waals surface area contributed by atoms with Gasteiger partial charge in [0.2, 0.25) is 0 Å². The number of likely N-dealkylation sites (tertiary alicyclic amines) is 2. The predicted molar refractivity (Wildman–Crippen MR) is 104 cm³/mol. The van der Waals surface area contributed by atoms with Crippen molar-refractivity contribution in [3.05, 3.63) is 30.1 Å². The topological polar surface area (TPSA) is 44.8 Å². The number of hydrogen-bond acceptors (Lipinski definition) is 3. The molecule has 0 radical (unpaired) electrons. The van der Waals surface area contributed by atoms with E-state index in [9.17, 15) is 18.0 Å². The summed E-state index contributed by atoms with van der Waals surface area (Å²) in [6.45, 7) is 1.70. The molecule has 1 aromatic carbocycles. The van der Waals surface area contributed by atoms with E-state index in [1.807, 2.05) is 4.90 Å². The second kappa shape index (κ2) is 8.52. The third-order valence-electron chi connectivity index (χ3n) is 6.11. The van der Waals surface area contributed by atoms with Gasteiger partial charge in [0.15, 0.2) is 0 Å². The van der Waals surface area contributed by atoms with Crippen LogP contribution in [0.15, 0.2) is 24.3 Å². The highest BCUT2D eigenvalue weighted by Gasteiger charge is 2.47. The summed E-state index contributed by atoms with van der Waals surface area (Å²) in [5.41, 5.74) is 0.145. The summed E-state index contributed by atoms with van der Waals surface area (Å²) in [5.74, 6) is -2.56. The van der Waals surface area contributed by atoms with E-state index >= 15 is 0 Å². The van der Waals surface area contributed by atoms with Crippen molar-refractivity contribution in [2.24, 2.45) is 5.92 Å². The first kappa shape index (κ1) is 20.5. The zero-order valence-electron chi connectivity index (χ0n) is 16.5. The largest absolute Gasteiger partial charge is 0.380 e. The Kier molecular flexibility index (Phi) is 6.01. The lowest BCUT2D eigenvalue weighted by Crippen LogP contribution is -2.50. The highest BCUT2D eigenvalue weighted by molar-refractivity contribution is 5.89. The van der Waals surface area contributed by atoms with Crippen LogP contribution in [-0.4, -0.2) is 66.7 Å². The van der Waals surface area contributed by atoms with Crippen molar-refractivity contribution in [3.8, 4) is 0 Å². The molecule has 1 aliphatic carbocycles. The number of carbonyl (C=O) groups is 1. The number of rotatable bonds is 6. The Balaban J connectivity index is 1.29. The summed E-state index contributed by atoms with van der Waals surface area (Å²) < 4.78 is 47.6. The van der Waals surface area contributed by atoms with E-state index in [1.165, 1.54) is 25.0 Å². The SMILES string of the molecule is O=C(Nc1ccccc1F)N1CCC(N2CC(F)(F)C[C@H]2COCC2CC2)CC1. The van der Waals surface area contributed by atoms with Crippen LogP contribution in [0.4, 0.5) is 23.7 Å². The first-order valence-corrected chi connectivity index (χ1v) is 10.4. The number of ether oxygens (including phenoxy) is 1. The second-order valence-electron chi connectivity index (χ2n) is 8.50. The number of carbonyl (C=O) groups excluding carboxylic acids is 1. The van der Waals surface area contributed by atoms with Crippen LogP contribution in [0.2, 0.25) is 0 Å². The molecule has 1 saturated carbocycles. The first-order chi connectivity index (χ1) is 13.9. The number of nitrogens with one attached hydrogen (secondary N) is 1. The molecule has 29 heavy (non-hydrogen) atoms. The highest BCUT2D eigenvalue weighted by Crippen LogP contribution is 2.36. The molecule has 8 heteroatoms. The average molecular weight is 411 g/mol. The van der Waals surface area contributed by atoms with Crippen LogP contribution in [-0.2, 0) is 4.74 Å². The summed E-state index contributed by atoms with van der Waals surface area (Å²) in [5, 5.41) is 2.59. The normalized spacial score (nSPS) is 25.3. The number of piperidine rings is 1. The zero-order valence-corrected chi connectivity index (χ0v) is 16.5. The number of amides is 2.